The number of nitrogens with zero attached hydrogens (tertiary/aromatic N) is 3. The smallest absolute Gasteiger partial charge is 0.255 e. The molecule has 0 atom stereocenters. The molecule has 4 aromatic rings. The fourth-order valence-electron chi connectivity index (χ4n) is 3.52. The lowest BCUT2D eigenvalue weighted by molar-refractivity contribution is -0.119. The van der Waals surface area contributed by atoms with E-state index in [4.69, 9.17) is 9.84 Å². The lowest BCUT2D eigenvalue weighted by atomic mass is 10.1. The zero-order valence-electron chi connectivity index (χ0n) is 21.2. The van der Waals surface area contributed by atoms with E-state index in [2.05, 4.69) is 15.2 Å². The summed E-state index contributed by atoms with van der Waals surface area (Å²) in [5.41, 5.74) is 6.35. The predicted octanol–water partition coefficient (Wildman–Crippen LogP) is 4.07. The Labute approximate surface area is 222 Å². The lowest BCUT2D eigenvalue weighted by Crippen LogP contribution is -2.34. The minimum absolute atomic E-state index is 0.0866. The molecule has 3 aromatic carbocycles. The summed E-state index contributed by atoms with van der Waals surface area (Å²) in [5, 5.41) is 8.77. The van der Waals surface area contributed by atoms with Crippen LogP contribution in [0.25, 0.3) is 16.9 Å². The first-order chi connectivity index (χ1) is 18.4. The molecule has 9 nitrogen and oxygen atoms in total. The number of hydrazone groups is 1. The summed E-state index contributed by atoms with van der Waals surface area (Å²) in [6.45, 7) is 4.10. The quantitative estimate of drug-likeness (QED) is 0.224. The molecular weight excluding hydrogens is 502 g/mol. The zero-order valence-corrected chi connectivity index (χ0v) is 22.0. The molecule has 0 aliphatic carbocycles. The Morgan fingerprint density at radius 2 is 1.74 bits per heavy atom. The number of rotatable bonds is 11. The van der Waals surface area contributed by atoms with Gasteiger partial charge in [0.05, 0.1) is 29.9 Å². The number of carbonyl (C=O) groups is 1. The minimum Gasteiger partial charge on any atom is -0.494 e. The van der Waals surface area contributed by atoms with E-state index in [1.807, 2.05) is 74.6 Å². The number of para-hydroxylation sites is 1. The van der Waals surface area contributed by atoms with E-state index >= 15 is 0 Å². The molecule has 196 valence electrons. The minimum atomic E-state index is -3.82. The van der Waals surface area contributed by atoms with Crippen LogP contribution in [-0.4, -0.2) is 43.5 Å². The molecule has 1 amide bonds. The van der Waals surface area contributed by atoms with Gasteiger partial charge in [0.25, 0.3) is 5.91 Å². The number of hydrogen-bond acceptors (Lipinski definition) is 6. The molecule has 0 spiro atoms. The summed E-state index contributed by atoms with van der Waals surface area (Å²) in [6.07, 6.45) is 4.21. The van der Waals surface area contributed by atoms with Crippen molar-refractivity contribution in [3.8, 4) is 22.7 Å². The van der Waals surface area contributed by atoms with Crippen LogP contribution < -0.4 is 14.9 Å². The normalized spacial score (nSPS) is 11.5. The number of ether oxygens (including phenoxy) is 1. The Hall–Kier alpha value is -4.28. The third kappa shape index (κ3) is 6.93. The van der Waals surface area contributed by atoms with Crippen molar-refractivity contribution in [3.63, 3.8) is 0 Å². The maximum atomic E-state index is 12.4. The van der Waals surface area contributed by atoms with Gasteiger partial charge >= 0.3 is 0 Å². The van der Waals surface area contributed by atoms with Gasteiger partial charge in [-0.15, -0.1) is 0 Å². The topological polar surface area (TPSA) is 115 Å². The van der Waals surface area contributed by atoms with Crippen LogP contribution in [0.5, 0.6) is 5.75 Å². The largest absolute Gasteiger partial charge is 0.494 e. The molecule has 0 aliphatic heterocycles. The number of aromatic nitrogens is 2. The second-order valence-corrected chi connectivity index (χ2v) is 10.3. The van der Waals surface area contributed by atoms with E-state index in [-0.39, 0.29) is 4.90 Å². The number of nitrogens with one attached hydrogen (secondary N) is 2. The monoisotopic (exact) mass is 531 g/mol. The van der Waals surface area contributed by atoms with Gasteiger partial charge < -0.3 is 4.74 Å². The van der Waals surface area contributed by atoms with Crippen LogP contribution in [-0.2, 0) is 14.8 Å². The summed E-state index contributed by atoms with van der Waals surface area (Å²) in [7, 11) is -3.82. The highest BCUT2D eigenvalue weighted by Gasteiger charge is 2.15. The second-order valence-electron chi connectivity index (χ2n) is 8.52. The van der Waals surface area contributed by atoms with Crippen LogP contribution in [0.15, 0.2) is 95.1 Å². The number of hydrogen-bond donors (Lipinski definition) is 2. The number of aryl methyl sites for hydroxylation is 1. The van der Waals surface area contributed by atoms with Gasteiger partial charge in [-0.05, 0) is 61.9 Å². The van der Waals surface area contributed by atoms with Gasteiger partial charge in [-0.25, -0.2) is 23.2 Å². The van der Waals surface area contributed by atoms with Crippen molar-refractivity contribution in [1.82, 2.24) is 19.9 Å². The Balaban J connectivity index is 1.48. The maximum absolute atomic E-state index is 12.4. The second kappa shape index (κ2) is 12.3. The van der Waals surface area contributed by atoms with Gasteiger partial charge in [0, 0.05) is 17.3 Å². The molecule has 1 aromatic heterocycles. The number of benzene rings is 3. The van der Waals surface area contributed by atoms with E-state index in [1.165, 1.54) is 18.3 Å². The Bertz CT molecular complexity index is 1500. The van der Waals surface area contributed by atoms with E-state index < -0.39 is 22.5 Å². The van der Waals surface area contributed by atoms with Gasteiger partial charge in [0.15, 0.2) is 0 Å². The fourth-order valence-corrected chi connectivity index (χ4v) is 4.50. The van der Waals surface area contributed by atoms with Gasteiger partial charge in [-0.3, -0.25) is 4.79 Å². The Kier molecular flexibility index (Phi) is 8.67. The van der Waals surface area contributed by atoms with E-state index in [1.54, 1.807) is 16.8 Å². The van der Waals surface area contributed by atoms with Crippen LogP contribution in [0.2, 0.25) is 0 Å². The van der Waals surface area contributed by atoms with Gasteiger partial charge in [0.1, 0.15) is 11.4 Å². The molecule has 0 fully saturated rings. The van der Waals surface area contributed by atoms with E-state index in [0.29, 0.717) is 17.9 Å². The standard InChI is InChI=1S/C28H29N5O4S/c1-3-17-37-25-13-11-22(12-14-25)28-23(20-33(32-28)24-7-5-4-6-8-24)18-29-31-27(34)19-30-38(35,36)26-15-9-21(2)10-16-26/h4-16,18,20,30H,3,17,19H2,1-2H3,(H,31,34)/b29-18-. The van der Waals surface area contributed by atoms with Crippen LogP contribution in [0, 0.1) is 6.92 Å². The first-order valence-electron chi connectivity index (χ1n) is 12.1. The molecule has 38 heavy (non-hydrogen) atoms. The molecule has 0 radical (unpaired) electrons. The molecule has 2 N–H and O–H groups in total. The molecule has 0 saturated heterocycles. The summed E-state index contributed by atoms with van der Waals surface area (Å²) in [6, 6.07) is 23.6. The SMILES string of the molecule is CCCOc1ccc(-c2nn(-c3ccccc3)cc2/C=N\NC(=O)CNS(=O)(=O)c2ccc(C)cc2)cc1. The van der Waals surface area contributed by atoms with Crippen molar-refractivity contribution < 1.29 is 17.9 Å². The van der Waals surface area contributed by atoms with E-state index in [9.17, 15) is 13.2 Å². The van der Waals surface area contributed by atoms with Crippen molar-refractivity contribution >= 4 is 22.1 Å². The zero-order chi connectivity index (χ0) is 27.0. The van der Waals surface area contributed by atoms with Crippen LogP contribution in [0.3, 0.4) is 0 Å². The molecule has 0 bridgehead atoms. The van der Waals surface area contributed by atoms with E-state index in [0.717, 1.165) is 29.0 Å². The van der Waals surface area contributed by atoms with Gasteiger partial charge in [-0.1, -0.05) is 42.8 Å². The third-order valence-electron chi connectivity index (χ3n) is 5.51. The molecule has 0 aliphatic rings. The molecule has 4 rings (SSSR count). The molecule has 0 unspecified atom stereocenters. The molecular formula is C28H29N5O4S. The fraction of sp³-hybridized carbons (Fsp3) is 0.179. The summed E-state index contributed by atoms with van der Waals surface area (Å²) in [4.78, 5) is 12.4. The average molecular weight is 532 g/mol. The average Bonchev–Trinajstić information content (AvgIpc) is 3.36. The first-order valence-corrected chi connectivity index (χ1v) is 13.6. The molecule has 1 heterocycles. The van der Waals surface area contributed by atoms with Crippen molar-refractivity contribution in [1.29, 1.82) is 0 Å². The van der Waals surface area contributed by atoms with Gasteiger partial charge in [0.2, 0.25) is 10.0 Å². The predicted molar refractivity (Wildman–Crippen MR) is 147 cm³/mol. The van der Waals surface area contributed by atoms with Crippen LogP contribution >= 0.6 is 0 Å². The highest BCUT2D eigenvalue weighted by Crippen LogP contribution is 2.25. The lowest BCUT2D eigenvalue weighted by Gasteiger charge is -2.06. The molecule has 0 saturated carbocycles. The summed E-state index contributed by atoms with van der Waals surface area (Å²) in [5.74, 6) is 0.167. The van der Waals surface area contributed by atoms with Crippen LogP contribution in [0.4, 0.5) is 0 Å². The van der Waals surface area contributed by atoms with Crippen molar-refractivity contribution in [2.24, 2.45) is 5.10 Å². The highest BCUT2D eigenvalue weighted by molar-refractivity contribution is 7.89. The molecule has 10 heteroatoms. The maximum Gasteiger partial charge on any atom is 0.255 e. The first kappa shape index (κ1) is 26.8. The summed E-state index contributed by atoms with van der Waals surface area (Å²) >= 11 is 0. The Morgan fingerprint density at radius 3 is 2.42 bits per heavy atom. The third-order valence-corrected chi connectivity index (χ3v) is 6.93. The number of sulfonamides is 1. The van der Waals surface area contributed by atoms with Gasteiger partial charge in [-0.2, -0.15) is 10.2 Å². The summed E-state index contributed by atoms with van der Waals surface area (Å²) < 4.78 is 34.5. The van der Waals surface area contributed by atoms with Crippen molar-refractivity contribution in [3.05, 3.63) is 96.2 Å². The van der Waals surface area contributed by atoms with Crippen LogP contribution in [0.1, 0.15) is 24.5 Å². The highest BCUT2D eigenvalue weighted by atomic mass is 32.2. The number of carbonyl (C=O) groups excluding carboxylic acids is 1. The van der Waals surface area contributed by atoms with Crippen molar-refractivity contribution in [2.45, 2.75) is 25.2 Å². The van der Waals surface area contributed by atoms with Crippen molar-refractivity contribution in [2.75, 3.05) is 13.2 Å². The Morgan fingerprint density at radius 1 is 1.03 bits per heavy atom. The number of amides is 1.